The third kappa shape index (κ3) is 4.06. The molecule has 0 heterocycles. The van der Waals surface area contributed by atoms with E-state index < -0.39 is 0 Å². The van der Waals surface area contributed by atoms with Crippen molar-refractivity contribution in [1.82, 2.24) is 0 Å². The van der Waals surface area contributed by atoms with Crippen LogP contribution in [0.3, 0.4) is 0 Å². The van der Waals surface area contributed by atoms with Crippen LogP contribution in [0.15, 0.2) is 18.2 Å². The lowest BCUT2D eigenvalue weighted by Crippen LogP contribution is -2.05. The number of ketones is 1. The van der Waals surface area contributed by atoms with Crippen LogP contribution in [0.1, 0.15) is 44.5 Å². The average molecular weight is 250 g/mol. The van der Waals surface area contributed by atoms with Gasteiger partial charge in [-0.1, -0.05) is 13.8 Å². The summed E-state index contributed by atoms with van der Waals surface area (Å²) in [6.45, 7) is 9.05. The summed E-state index contributed by atoms with van der Waals surface area (Å²) in [4.78, 5) is 12.0. The molecule has 0 radical (unpaired) electrons. The van der Waals surface area contributed by atoms with Crippen LogP contribution in [0.5, 0.6) is 11.5 Å². The molecule has 0 fully saturated rings. The van der Waals surface area contributed by atoms with Gasteiger partial charge in [-0.3, -0.25) is 4.79 Å². The molecule has 0 unspecified atom stereocenters. The average Bonchev–Trinajstić information content (AvgIpc) is 2.31. The second-order valence-corrected chi connectivity index (χ2v) is 4.55. The van der Waals surface area contributed by atoms with Crippen LogP contribution in [0.2, 0.25) is 0 Å². The summed E-state index contributed by atoms with van der Waals surface area (Å²) in [5.41, 5.74) is 0.690. The zero-order valence-corrected chi connectivity index (χ0v) is 11.7. The van der Waals surface area contributed by atoms with Gasteiger partial charge in [-0.05, 0) is 38.0 Å². The maximum atomic E-state index is 12.0. The van der Waals surface area contributed by atoms with E-state index in [4.69, 9.17) is 9.47 Å². The van der Waals surface area contributed by atoms with E-state index in [0.717, 1.165) is 0 Å². The van der Waals surface area contributed by atoms with E-state index in [1.807, 2.05) is 33.8 Å². The van der Waals surface area contributed by atoms with Gasteiger partial charge in [-0.25, -0.2) is 0 Å². The fourth-order valence-corrected chi connectivity index (χ4v) is 1.71. The standard InChI is InChI=1S/C15H22O3/c1-5-17-14-8-7-12(10-15(14)18-6-2)13(16)9-11(3)4/h7-8,10-11H,5-6,9H2,1-4H3. The van der Waals surface area contributed by atoms with Gasteiger partial charge in [0.2, 0.25) is 0 Å². The first-order chi connectivity index (χ1) is 8.58. The van der Waals surface area contributed by atoms with Crippen LogP contribution in [0.25, 0.3) is 0 Å². The molecule has 0 saturated heterocycles. The molecule has 0 bridgehead atoms. The minimum absolute atomic E-state index is 0.147. The Balaban J connectivity index is 2.94. The highest BCUT2D eigenvalue weighted by Crippen LogP contribution is 2.29. The quantitative estimate of drug-likeness (QED) is 0.692. The van der Waals surface area contributed by atoms with Gasteiger partial charge in [0, 0.05) is 12.0 Å². The predicted octanol–water partition coefficient (Wildman–Crippen LogP) is 3.71. The molecule has 0 aliphatic rings. The van der Waals surface area contributed by atoms with Gasteiger partial charge >= 0.3 is 0 Å². The molecule has 0 N–H and O–H groups in total. The fourth-order valence-electron chi connectivity index (χ4n) is 1.71. The van der Waals surface area contributed by atoms with Crippen molar-refractivity contribution in [2.24, 2.45) is 5.92 Å². The van der Waals surface area contributed by atoms with Gasteiger partial charge in [-0.15, -0.1) is 0 Å². The molecule has 1 aromatic rings. The molecule has 100 valence electrons. The molecule has 0 saturated carbocycles. The van der Waals surface area contributed by atoms with Crippen LogP contribution >= 0.6 is 0 Å². The van der Waals surface area contributed by atoms with E-state index in [-0.39, 0.29) is 5.78 Å². The first kappa shape index (κ1) is 14.6. The van der Waals surface area contributed by atoms with Gasteiger partial charge in [0.1, 0.15) is 0 Å². The van der Waals surface area contributed by atoms with E-state index in [2.05, 4.69) is 0 Å². The van der Waals surface area contributed by atoms with Crippen molar-refractivity contribution < 1.29 is 14.3 Å². The Hall–Kier alpha value is -1.51. The lowest BCUT2D eigenvalue weighted by Gasteiger charge is -2.12. The summed E-state index contributed by atoms with van der Waals surface area (Å²) in [6, 6.07) is 5.39. The minimum atomic E-state index is 0.147. The molecular formula is C15H22O3. The highest BCUT2D eigenvalue weighted by molar-refractivity contribution is 5.96. The van der Waals surface area contributed by atoms with Gasteiger partial charge in [0.15, 0.2) is 17.3 Å². The summed E-state index contributed by atoms with van der Waals surface area (Å²) in [7, 11) is 0. The molecule has 18 heavy (non-hydrogen) atoms. The summed E-state index contributed by atoms with van der Waals surface area (Å²) in [5.74, 6) is 1.85. The van der Waals surface area contributed by atoms with Crippen molar-refractivity contribution >= 4 is 5.78 Å². The first-order valence-electron chi connectivity index (χ1n) is 6.51. The highest BCUT2D eigenvalue weighted by Gasteiger charge is 2.12. The Bertz CT molecular complexity index is 397. The molecule has 0 atom stereocenters. The van der Waals surface area contributed by atoms with Crippen molar-refractivity contribution in [2.45, 2.75) is 34.1 Å². The van der Waals surface area contributed by atoms with Crippen LogP contribution in [-0.4, -0.2) is 19.0 Å². The number of hydrogen-bond acceptors (Lipinski definition) is 3. The first-order valence-corrected chi connectivity index (χ1v) is 6.51. The molecule has 0 aliphatic carbocycles. The maximum Gasteiger partial charge on any atom is 0.163 e. The van der Waals surface area contributed by atoms with E-state index in [9.17, 15) is 4.79 Å². The van der Waals surface area contributed by atoms with Gasteiger partial charge in [0.25, 0.3) is 0 Å². The topological polar surface area (TPSA) is 35.5 Å². The lowest BCUT2D eigenvalue weighted by molar-refractivity contribution is 0.0967. The molecule has 3 nitrogen and oxygen atoms in total. The summed E-state index contributed by atoms with van der Waals surface area (Å²) < 4.78 is 11.0. The number of carbonyl (C=O) groups excluding carboxylic acids is 1. The zero-order valence-electron chi connectivity index (χ0n) is 11.7. The number of benzene rings is 1. The SMILES string of the molecule is CCOc1ccc(C(=O)CC(C)C)cc1OCC. The van der Waals surface area contributed by atoms with Gasteiger partial charge in [-0.2, -0.15) is 0 Å². The largest absolute Gasteiger partial charge is 0.490 e. The van der Waals surface area contributed by atoms with E-state index in [1.54, 1.807) is 12.1 Å². The molecular weight excluding hydrogens is 228 g/mol. The Morgan fingerprint density at radius 2 is 1.72 bits per heavy atom. The van der Waals surface area contributed by atoms with Crippen LogP contribution in [-0.2, 0) is 0 Å². The summed E-state index contributed by atoms with van der Waals surface area (Å²) in [6.07, 6.45) is 0.555. The predicted molar refractivity (Wildman–Crippen MR) is 72.6 cm³/mol. The van der Waals surface area contributed by atoms with Crippen LogP contribution in [0, 0.1) is 5.92 Å². The van der Waals surface area contributed by atoms with E-state index >= 15 is 0 Å². The van der Waals surface area contributed by atoms with Crippen LogP contribution in [0.4, 0.5) is 0 Å². The number of Topliss-reactive ketones (excluding diaryl/α,β-unsaturated/α-hetero) is 1. The second-order valence-electron chi connectivity index (χ2n) is 4.55. The third-order valence-corrected chi connectivity index (χ3v) is 2.46. The normalized spacial score (nSPS) is 10.5. The highest BCUT2D eigenvalue weighted by atomic mass is 16.5. The fraction of sp³-hybridized carbons (Fsp3) is 0.533. The maximum absolute atomic E-state index is 12.0. The lowest BCUT2D eigenvalue weighted by atomic mass is 10.0. The Morgan fingerprint density at radius 1 is 1.11 bits per heavy atom. The Labute approximate surface area is 109 Å². The van der Waals surface area contributed by atoms with Crippen molar-refractivity contribution in [3.05, 3.63) is 23.8 Å². The van der Waals surface area contributed by atoms with Crippen molar-refractivity contribution in [2.75, 3.05) is 13.2 Å². The molecule has 1 aromatic carbocycles. The summed E-state index contributed by atoms with van der Waals surface area (Å²) >= 11 is 0. The molecule has 0 spiro atoms. The monoisotopic (exact) mass is 250 g/mol. The molecule has 3 heteroatoms. The number of ether oxygens (including phenoxy) is 2. The Kier molecular flexibility index (Phi) is 5.69. The number of rotatable bonds is 7. The Morgan fingerprint density at radius 3 is 2.28 bits per heavy atom. The van der Waals surface area contributed by atoms with Crippen LogP contribution < -0.4 is 9.47 Å². The van der Waals surface area contributed by atoms with Crippen molar-refractivity contribution in [3.63, 3.8) is 0 Å². The smallest absolute Gasteiger partial charge is 0.163 e. The molecule has 1 rings (SSSR count). The molecule has 0 amide bonds. The van der Waals surface area contributed by atoms with E-state index in [0.29, 0.717) is 42.6 Å². The molecule has 0 aliphatic heterocycles. The third-order valence-electron chi connectivity index (χ3n) is 2.46. The number of carbonyl (C=O) groups is 1. The van der Waals surface area contributed by atoms with Gasteiger partial charge < -0.3 is 9.47 Å². The number of hydrogen-bond donors (Lipinski definition) is 0. The molecule has 0 aromatic heterocycles. The van der Waals surface area contributed by atoms with Crippen molar-refractivity contribution in [1.29, 1.82) is 0 Å². The van der Waals surface area contributed by atoms with Gasteiger partial charge in [0.05, 0.1) is 13.2 Å². The van der Waals surface area contributed by atoms with E-state index in [1.165, 1.54) is 0 Å². The minimum Gasteiger partial charge on any atom is -0.490 e. The zero-order chi connectivity index (χ0) is 13.5. The summed E-state index contributed by atoms with van der Waals surface area (Å²) in [5, 5.41) is 0. The second kappa shape index (κ2) is 7.04. The van der Waals surface area contributed by atoms with Crippen molar-refractivity contribution in [3.8, 4) is 11.5 Å².